The summed E-state index contributed by atoms with van der Waals surface area (Å²) in [5.74, 6) is -0.135. The molecule has 1 aliphatic heterocycles. The summed E-state index contributed by atoms with van der Waals surface area (Å²) in [6.45, 7) is 0.161. The van der Waals surface area contributed by atoms with Crippen LogP contribution < -0.4 is 19.9 Å². The molecule has 0 unspecified atom stereocenters. The second kappa shape index (κ2) is 8.69. The zero-order chi connectivity index (χ0) is 21.9. The number of hydrogen-bond acceptors (Lipinski definition) is 7. The predicted octanol–water partition coefficient (Wildman–Crippen LogP) is 0.860. The number of sulfonamides is 1. The number of anilines is 1. The van der Waals surface area contributed by atoms with Gasteiger partial charge >= 0.3 is 0 Å². The van der Waals surface area contributed by atoms with Crippen LogP contribution in [0.15, 0.2) is 47.4 Å². The van der Waals surface area contributed by atoms with Crippen molar-refractivity contribution in [2.24, 2.45) is 0 Å². The van der Waals surface area contributed by atoms with E-state index in [0.29, 0.717) is 17.2 Å². The van der Waals surface area contributed by atoms with Crippen molar-refractivity contribution in [2.45, 2.75) is 4.90 Å². The van der Waals surface area contributed by atoms with E-state index in [-0.39, 0.29) is 36.1 Å². The number of nitrogens with zero attached hydrogens (tertiary/aromatic N) is 2. The third-order valence-corrected chi connectivity index (χ3v) is 6.28. The molecule has 11 heteroatoms. The molecule has 1 heterocycles. The van der Waals surface area contributed by atoms with Gasteiger partial charge in [0.05, 0.1) is 17.1 Å². The maximum Gasteiger partial charge on any atom is 0.274 e. The summed E-state index contributed by atoms with van der Waals surface area (Å²) in [5.41, 5.74) is 2.10. The summed E-state index contributed by atoms with van der Waals surface area (Å²) in [5, 5.41) is 8.81. The predicted molar refractivity (Wildman–Crippen MR) is 106 cm³/mol. The van der Waals surface area contributed by atoms with Crippen LogP contribution in [-0.4, -0.2) is 63.6 Å². The number of hydroxylamine groups is 1. The normalized spacial score (nSPS) is 13.6. The Labute approximate surface area is 173 Å². The minimum absolute atomic E-state index is 0.126. The molecule has 0 atom stereocenters. The van der Waals surface area contributed by atoms with E-state index in [1.54, 1.807) is 11.5 Å². The van der Waals surface area contributed by atoms with Crippen LogP contribution >= 0.6 is 0 Å². The second-order valence-corrected chi connectivity index (χ2v) is 8.72. The van der Waals surface area contributed by atoms with Crippen molar-refractivity contribution in [3.05, 3.63) is 48.0 Å². The second-order valence-electron chi connectivity index (χ2n) is 6.56. The van der Waals surface area contributed by atoms with Gasteiger partial charge in [-0.25, -0.2) is 18.2 Å². The van der Waals surface area contributed by atoms with E-state index in [4.69, 9.17) is 14.7 Å². The Morgan fingerprint density at radius 3 is 2.57 bits per heavy atom. The largest absolute Gasteiger partial charge is 0.492 e. The van der Waals surface area contributed by atoms with Gasteiger partial charge in [-0.1, -0.05) is 0 Å². The van der Waals surface area contributed by atoms with E-state index < -0.39 is 15.9 Å². The van der Waals surface area contributed by atoms with E-state index in [1.165, 1.54) is 55.4 Å². The van der Waals surface area contributed by atoms with Gasteiger partial charge < -0.3 is 14.4 Å². The molecule has 2 aromatic carbocycles. The number of rotatable bonds is 7. The molecule has 160 valence electrons. The fourth-order valence-corrected chi connectivity index (χ4v) is 3.73. The average molecular weight is 435 g/mol. The number of benzene rings is 2. The highest BCUT2D eigenvalue weighted by atomic mass is 32.2. The van der Waals surface area contributed by atoms with Crippen LogP contribution in [0.3, 0.4) is 0 Å². The lowest BCUT2D eigenvalue weighted by atomic mass is 10.1. The van der Waals surface area contributed by atoms with Gasteiger partial charge in [-0.3, -0.25) is 14.8 Å². The van der Waals surface area contributed by atoms with Gasteiger partial charge in [0.25, 0.3) is 11.8 Å². The minimum atomic E-state index is -3.52. The Kier molecular flexibility index (Phi) is 6.25. The molecular weight excluding hydrogens is 414 g/mol. The summed E-state index contributed by atoms with van der Waals surface area (Å²) in [6, 6.07) is 10.4. The highest BCUT2D eigenvalue weighted by Crippen LogP contribution is 2.33. The Hall–Kier alpha value is -3.15. The Morgan fingerprint density at radius 1 is 1.23 bits per heavy atom. The first kappa shape index (κ1) is 21.6. The standard InChI is InChI=1S/C19H21N3O7S/c1-21(2)30(26,27)15-6-4-14(5-7-15)28-10-9-22-16-11-13(19(24)20-25)3-8-17(16)29-12-18(22)23/h3-8,11,25H,9-10,12H2,1-2H3,(H,20,24). The number of hydrogen-bond donors (Lipinski definition) is 2. The van der Waals surface area contributed by atoms with Crippen molar-refractivity contribution < 1.29 is 32.7 Å². The quantitative estimate of drug-likeness (QED) is 0.488. The summed E-state index contributed by atoms with van der Waals surface area (Å²) in [4.78, 5) is 25.5. The molecule has 0 bridgehead atoms. The van der Waals surface area contributed by atoms with E-state index in [0.717, 1.165) is 4.31 Å². The molecule has 2 aromatic rings. The van der Waals surface area contributed by atoms with Crippen LogP contribution in [0.4, 0.5) is 5.69 Å². The van der Waals surface area contributed by atoms with Crippen LogP contribution in [0.5, 0.6) is 11.5 Å². The molecule has 0 fully saturated rings. The molecule has 0 saturated heterocycles. The number of ether oxygens (including phenoxy) is 2. The zero-order valence-corrected chi connectivity index (χ0v) is 17.2. The first-order chi connectivity index (χ1) is 14.2. The lowest BCUT2D eigenvalue weighted by Gasteiger charge is -2.29. The Morgan fingerprint density at radius 2 is 1.93 bits per heavy atom. The number of carbonyl (C=O) groups is 2. The van der Waals surface area contributed by atoms with Crippen molar-refractivity contribution in [1.29, 1.82) is 0 Å². The van der Waals surface area contributed by atoms with Gasteiger partial charge in [0.2, 0.25) is 10.0 Å². The van der Waals surface area contributed by atoms with Crippen molar-refractivity contribution >= 4 is 27.5 Å². The molecule has 2 N–H and O–H groups in total. The van der Waals surface area contributed by atoms with E-state index >= 15 is 0 Å². The molecule has 0 spiro atoms. The van der Waals surface area contributed by atoms with E-state index in [2.05, 4.69) is 0 Å². The monoisotopic (exact) mass is 435 g/mol. The highest BCUT2D eigenvalue weighted by molar-refractivity contribution is 7.89. The third-order valence-electron chi connectivity index (χ3n) is 4.45. The fourth-order valence-electron chi connectivity index (χ4n) is 2.83. The number of fused-ring (bicyclic) bond motifs is 1. The number of amides is 2. The molecule has 0 radical (unpaired) electrons. The Bertz CT molecular complexity index is 1050. The van der Waals surface area contributed by atoms with Gasteiger partial charge in [0.15, 0.2) is 6.61 Å². The molecule has 1 aliphatic rings. The molecule has 30 heavy (non-hydrogen) atoms. The van der Waals surface area contributed by atoms with Crippen LogP contribution in [0.2, 0.25) is 0 Å². The molecule has 0 aromatic heterocycles. The Balaban J connectivity index is 1.69. The lowest BCUT2D eigenvalue weighted by Crippen LogP contribution is -2.41. The number of nitrogens with one attached hydrogen (secondary N) is 1. The van der Waals surface area contributed by atoms with Crippen molar-refractivity contribution in [3.8, 4) is 11.5 Å². The van der Waals surface area contributed by atoms with Gasteiger partial charge in [0.1, 0.15) is 18.1 Å². The van der Waals surface area contributed by atoms with Crippen molar-refractivity contribution in [1.82, 2.24) is 9.79 Å². The van der Waals surface area contributed by atoms with Crippen LogP contribution in [-0.2, 0) is 14.8 Å². The van der Waals surface area contributed by atoms with Gasteiger partial charge in [-0.05, 0) is 42.5 Å². The minimum Gasteiger partial charge on any atom is -0.492 e. The molecule has 2 amide bonds. The molecule has 0 aliphatic carbocycles. The maximum atomic E-state index is 12.3. The van der Waals surface area contributed by atoms with Crippen molar-refractivity contribution in [2.75, 3.05) is 38.8 Å². The van der Waals surface area contributed by atoms with Gasteiger partial charge in [0, 0.05) is 19.7 Å². The highest BCUT2D eigenvalue weighted by Gasteiger charge is 2.26. The van der Waals surface area contributed by atoms with Crippen LogP contribution in [0.1, 0.15) is 10.4 Å². The zero-order valence-electron chi connectivity index (χ0n) is 16.4. The third kappa shape index (κ3) is 4.37. The summed E-state index contributed by atoms with van der Waals surface area (Å²) in [6.07, 6.45) is 0. The first-order valence-corrected chi connectivity index (χ1v) is 10.3. The molecular formula is C19H21N3O7S. The fraction of sp³-hybridized carbons (Fsp3) is 0.263. The lowest BCUT2D eigenvalue weighted by molar-refractivity contribution is -0.121. The molecule has 10 nitrogen and oxygen atoms in total. The van der Waals surface area contributed by atoms with Crippen LogP contribution in [0, 0.1) is 0 Å². The van der Waals surface area contributed by atoms with Crippen LogP contribution in [0.25, 0.3) is 0 Å². The van der Waals surface area contributed by atoms with Crippen molar-refractivity contribution in [3.63, 3.8) is 0 Å². The maximum absolute atomic E-state index is 12.3. The summed E-state index contributed by atoms with van der Waals surface area (Å²) in [7, 11) is -0.623. The smallest absolute Gasteiger partial charge is 0.274 e. The summed E-state index contributed by atoms with van der Waals surface area (Å²) < 4.78 is 36.3. The van der Waals surface area contributed by atoms with Gasteiger partial charge in [-0.2, -0.15) is 0 Å². The molecule has 3 rings (SSSR count). The number of carbonyl (C=O) groups excluding carboxylic acids is 2. The van der Waals surface area contributed by atoms with E-state index in [1.807, 2.05) is 0 Å². The SMILES string of the molecule is CN(C)S(=O)(=O)c1ccc(OCCN2C(=O)COc3ccc(C(=O)NO)cc32)cc1. The van der Waals surface area contributed by atoms with E-state index in [9.17, 15) is 18.0 Å². The summed E-state index contributed by atoms with van der Waals surface area (Å²) >= 11 is 0. The molecule has 0 saturated carbocycles. The van der Waals surface area contributed by atoms with Gasteiger partial charge in [-0.15, -0.1) is 0 Å². The topological polar surface area (TPSA) is 125 Å². The first-order valence-electron chi connectivity index (χ1n) is 8.91. The average Bonchev–Trinajstić information content (AvgIpc) is 2.74.